The molecule has 0 aliphatic rings. The fraction of sp³-hybridized carbons (Fsp3) is 0.200. The van der Waals surface area contributed by atoms with Gasteiger partial charge in [0.05, 0.1) is 29.4 Å². The van der Waals surface area contributed by atoms with Crippen molar-refractivity contribution in [3.8, 4) is 0 Å². The molecule has 6 nitrogen and oxygen atoms in total. The van der Waals surface area contributed by atoms with E-state index in [-0.39, 0.29) is 5.82 Å². The lowest BCUT2D eigenvalue weighted by Gasteiger charge is -2.04. The Morgan fingerprint density at radius 3 is 2.72 bits per heavy atom. The van der Waals surface area contributed by atoms with Crippen LogP contribution in [-0.2, 0) is 6.54 Å². The highest BCUT2D eigenvalue weighted by Crippen LogP contribution is 2.32. The van der Waals surface area contributed by atoms with Crippen molar-refractivity contribution in [2.24, 2.45) is 5.10 Å². The molecule has 0 aliphatic heterocycles. The molecule has 0 bridgehead atoms. The highest BCUT2D eigenvalue weighted by atomic mass is 35.5. The van der Waals surface area contributed by atoms with Crippen molar-refractivity contribution < 1.29 is 4.39 Å². The van der Waals surface area contributed by atoms with Gasteiger partial charge in [0.25, 0.3) is 0 Å². The third-order valence-corrected chi connectivity index (χ3v) is 6.20. The number of thiophene rings is 1. The van der Waals surface area contributed by atoms with Crippen molar-refractivity contribution in [2.45, 2.75) is 27.3 Å². The standard InChI is InChI=1S/C20H18ClFN6S/c1-11-13(3)29-20-17(11)19(23-10-24-20)26-25-8-16-12(2)27-28(18(16)21)9-14-4-6-15(22)7-5-14/h4-8,10H,9H2,1-3H3,(H,23,24,26)/b25-8+. The largest absolute Gasteiger partial charge is 0.261 e. The van der Waals surface area contributed by atoms with Gasteiger partial charge in [-0.05, 0) is 44.0 Å². The summed E-state index contributed by atoms with van der Waals surface area (Å²) < 4.78 is 14.8. The first-order valence-corrected chi connectivity index (χ1v) is 10.1. The van der Waals surface area contributed by atoms with E-state index in [0.29, 0.717) is 23.1 Å². The first kappa shape index (κ1) is 19.5. The SMILES string of the molecule is Cc1nn(Cc2ccc(F)cc2)c(Cl)c1/C=N/Nc1ncnc2sc(C)c(C)c12. The van der Waals surface area contributed by atoms with Crippen LogP contribution in [0.5, 0.6) is 0 Å². The Morgan fingerprint density at radius 1 is 1.21 bits per heavy atom. The Kier molecular flexibility index (Phi) is 5.29. The number of anilines is 1. The molecule has 4 rings (SSSR count). The smallest absolute Gasteiger partial charge is 0.158 e. The molecule has 29 heavy (non-hydrogen) atoms. The molecule has 0 amide bonds. The lowest BCUT2D eigenvalue weighted by Crippen LogP contribution is -2.02. The van der Waals surface area contributed by atoms with E-state index >= 15 is 0 Å². The zero-order valence-corrected chi connectivity index (χ0v) is 17.6. The number of benzene rings is 1. The van der Waals surface area contributed by atoms with Crippen LogP contribution in [0.4, 0.5) is 10.2 Å². The molecule has 4 aromatic rings. The molecule has 0 saturated heterocycles. The number of hydrogen-bond acceptors (Lipinski definition) is 6. The fourth-order valence-electron chi connectivity index (χ4n) is 3.01. The van der Waals surface area contributed by atoms with E-state index in [1.807, 2.05) is 13.8 Å². The summed E-state index contributed by atoms with van der Waals surface area (Å²) in [5.41, 5.74) is 6.51. The number of nitrogens with zero attached hydrogens (tertiary/aromatic N) is 5. The van der Waals surface area contributed by atoms with Gasteiger partial charge < -0.3 is 0 Å². The molecular formula is C20H18ClFN6S. The normalized spacial score (nSPS) is 11.6. The van der Waals surface area contributed by atoms with Crippen LogP contribution >= 0.6 is 22.9 Å². The third-order valence-electron chi connectivity index (χ3n) is 4.68. The third kappa shape index (κ3) is 3.86. The van der Waals surface area contributed by atoms with E-state index in [2.05, 4.69) is 32.5 Å². The molecule has 0 fully saturated rings. The fourth-order valence-corrected chi connectivity index (χ4v) is 4.29. The predicted octanol–water partition coefficient (Wildman–Crippen LogP) is 5.10. The zero-order chi connectivity index (χ0) is 20.5. The summed E-state index contributed by atoms with van der Waals surface area (Å²) in [5, 5.41) is 10.2. The van der Waals surface area contributed by atoms with Gasteiger partial charge >= 0.3 is 0 Å². The number of aryl methyl sites for hydroxylation is 3. The van der Waals surface area contributed by atoms with Gasteiger partial charge in [-0.3, -0.25) is 5.43 Å². The van der Waals surface area contributed by atoms with Gasteiger partial charge in [-0.2, -0.15) is 10.2 Å². The van der Waals surface area contributed by atoms with E-state index in [0.717, 1.165) is 27.0 Å². The number of fused-ring (bicyclic) bond motifs is 1. The number of nitrogens with one attached hydrogen (secondary N) is 1. The molecule has 148 valence electrons. The summed E-state index contributed by atoms with van der Waals surface area (Å²) in [4.78, 5) is 10.8. The van der Waals surface area contributed by atoms with E-state index in [4.69, 9.17) is 11.6 Å². The van der Waals surface area contributed by atoms with Gasteiger partial charge in [-0.1, -0.05) is 23.7 Å². The van der Waals surface area contributed by atoms with E-state index in [1.165, 1.54) is 23.3 Å². The van der Waals surface area contributed by atoms with Crippen molar-refractivity contribution in [3.63, 3.8) is 0 Å². The second kappa shape index (κ2) is 7.88. The maximum Gasteiger partial charge on any atom is 0.158 e. The lowest BCUT2D eigenvalue weighted by atomic mass is 10.2. The first-order chi connectivity index (χ1) is 13.9. The number of hydrogen-bond donors (Lipinski definition) is 1. The van der Waals surface area contributed by atoms with Crippen molar-refractivity contribution in [1.29, 1.82) is 0 Å². The van der Waals surface area contributed by atoms with Gasteiger partial charge in [-0.15, -0.1) is 11.3 Å². The minimum atomic E-state index is -0.273. The van der Waals surface area contributed by atoms with Crippen LogP contribution in [0.25, 0.3) is 10.2 Å². The molecule has 9 heteroatoms. The Bertz CT molecular complexity index is 1210. The molecule has 0 atom stereocenters. The van der Waals surface area contributed by atoms with Crippen LogP contribution in [0.2, 0.25) is 5.15 Å². The average molecular weight is 429 g/mol. The van der Waals surface area contributed by atoms with Crippen molar-refractivity contribution in [3.05, 3.63) is 68.8 Å². The minimum absolute atomic E-state index is 0.273. The zero-order valence-electron chi connectivity index (χ0n) is 16.1. The Balaban J connectivity index is 1.56. The summed E-state index contributed by atoms with van der Waals surface area (Å²) >= 11 is 8.13. The second-order valence-corrected chi connectivity index (χ2v) is 8.19. The van der Waals surface area contributed by atoms with Gasteiger partial charge in [0.1, 0.15) is 22.1 Å². The highest BCUT2D eigenvalue weighted by Gasteiger charge is 2.13. The molecule has 3 heterocycles. The molecule has 0 aliphatic carbocycles. The van der Waals surface area contributed by atoms with Crippen LogP contribution < -0.4 is 5.43 Å². The van der Waals surface area contributed by atoms with Crippen molar-refractivity contribution in [1.82, 2.24) is 19.7 Å². The molecule has 3 aromatic heterocycles. The predicted molar refractivity (Wildman–Crippen MR) is 116 cm³/mol. The summed E-state index contributed by atoms with van der Waals surface area (Å²) in [6.07, 6.45) is 3.16. The maximum absolute atomic E-state index is 13.1. The summed E-state index contributed by atoms with van der Waals surface area (Å²) in [6.45, 7) is 6.42. The molecule has 0 unspecified atom stereocenters. The van der Waals surface area contributed by atoms with Crippen molar-refractivity contribution >= 4 is 45.2 Å². The van der Waals surface area contributed by atoms with E-state index in [1.54, 1.807) is 34.4 Å². The monoisotopic (exact) mass is 428 g/mol. The number of rotatable bonds is 5. The highest BCUT2D eigenvalue weighted by molar-refractivity contribution is 7.18. The van der Waals surface area contributed by atoms with Gasteiger partial charge in [-0.25, -0.2) is 19.0 Å². The molecule has 0 spiro atoms. The molecular weight excluding hydrogens is 411 g/mol. The van der Waals surface area contributed by atoms with Crippen LogP contribution in [-0.4, -0.2) is 26.0 Å². The quantitative estimate of drug-likeness (QED) is 0.354. The number of hydrazone groups is 1. The Hall–Kier alpha value is -2.84. The first-order valence-electron chi connectivity index (χ1n) is 8.91. The number of aromatic nitrogens is 4. The minimum Gasteiger partial charge on any atom is -0.261 e. The topological polar surface area (TPSA) is 68.0 Å². The Labute approximate surface area is 176 Å². The maximum atomic E-state index is 13.1. The summed E-state index contributed by atoms with van der Waals surface area (Å²) in [5.74, 6) is 0.380. The molecule has 1 N–H and O–H groups in total. The van der Waals surface area contributed by atoms with Crippen LogP contribution in [0.15, 0.2) is 35.7 Å². The van der Waals surface area contributed by atoms with Gasteiger partial charge in [0, 0.05) is 4.88 Å². The van der Waals surface area contributed by atoms with Gasteiger partial charge in [0.2, 0.25) is 0 Å². The van der Waals surface area contributed by atoms with Crippen LogP contribution in [0.3, 0.4) is 0 Å². The van der Waals surface area contributed by atoms with Crippen molar-refractivity contribution in [2.75, 3.05) is 5.43 Å². The summed E-state index contributed by atoms with van der Waals surface area (Å²) in [7, 11) is 0. The Morgan fingerprint density at radius 2 is 1.97 bits per heavy atom. The van der Waals surface area contributed by atoms with Gasteiger partial charge in [0.15, 0.2) is 5.82 Å². The molecule has 0 radical (unpaired) electrons. The molecule has 1 aromatic carbocycles. The lowest BCUT2D eigenvalue weighted by molar-refractivity contribution is 0.624. The van der Waals surface area contributed by atoms with E-state index in [9.17, 15) is 4.39 Å². The van der Waals surface area contributed by atoms with Crippen LogP contribution in [0.1, 0.15) is 27.3 Å². The summed E-state index contributed by atoms with van der Waals surface area (Å²) in [6, 6.07) is 6.26. The number of halogens is 2. The molecule has 0 saturated carbocycles. The van der Waals surface area contributed by atoms with Crippen LogP contribution in [0, 0.1) is 26.6 Å². The second-order valence-electron chi connectivity index (χ2n) is 6.63. The van der Waals surface area contributed by atoms with E-state index < -0.39 is 0 Å². The average Bonchev–Trinajstić information content (AvgIpc) is 3.14.